The van der Waals surface area contributed by atoms with Gasteiger partial charge in [-0.05, 0) is 37.8 Å². The monoisotopic (exact) mass is 213 g/mol. The number of piperidine rings is 1. The predicted molar refractivity (Wildman–Crippen MR) is 65.1 cm³/mol. The lowest BCUT2D eigenvalue weighted by Gasteiger charge is -2.34. The molecule has 0 spiro atoms. The lowest BCUT2D eigenvalue weighted by Crippen LogP contribution is -2.41. The van der Waals surface area contributed by atoms with Crippen molar-refractivity contribution < 1.29 is 4.74 Å². The topological polar surface area (TPSA) is 12.5 Å². The molecule has 0 bridgehead atoms. The quantitative estimate of drug-likeness (QED) is 0.696. The van der Waals surface area contributed by atoms with Crippen LogP contribution in [0.15, 0.2) is 0 Å². The number of hydrogen-bond acceptors (Lipinski definition) is 2. The summed E-state index contributed by atoms with van der Waals surface area (Å²) in [6, 6.07) is 0. The Morgan fingerprint density at radius 1 is 1.33 bits per heavy atom. The Hall–Kier alpha value is -0.0800. The number of nitrogens with zero attached hydrogens (tertiary/aromatic N) is 1. The molecule has 0 aliphatic carbocycles. The molecular formula is C13H27NO. The Morgan fingerprint density at radius 3 is 2.40 bits per heavy atom. The number of rotatable bonds is 5. The molecule has 0 unspecified atom stereocenters. The highest BCUT2D eigenvalue weighted by molar-refractivity contribution is 4.75. The Balaban J connectivity index is 2.32. The van der Waals surface area contributed by atoms with Gasteiger partial charge in [-0.3, -0.25) is 0 Å². The fourth-order valence-electron chi connectivity index (χ4n) is 2.25. The van der Waals surface area contributed by atoms with Gasteiger partial charge in [-0.25, -0.2) is 0 Å². The van der Waals surface area contributed by atoms with E-state index in [1.54, 1.807) is 0 Å². The fourth-order valence-corrected chi connectivity index (χ4v) is 2.25. The van der Waals surface area contributed by atoms with E-state index in [-0.39, 0.29) is 0 Å². The molecular weight excluding hydrogens is 186 g/mol. The van der Waals surface area contributed by atoms with E-state index in [2.05, 4.69) is 25.7 Å². The minimum atomic E-state index is 0.420. The average Bonchev–Trinajstić information content (AvgIpc) is 2.27. The molecule has 0 amide bonds. The van der Waals surface area contributed by atoms with Crippen LogP contribution < -0.4 is 0 Å². The van der Waals surface area contributed by atoms with E-state index in [1.165, 1.54) is 32.4 Å². The standard InChI is InChI=1S/C13H27NO/c1-5-12(3)13(15-4)10-14-8-6-11(2)7-9-14/h11-13H,5-10H2,1-4H3/t12-,13-/m1/s1. The van der Waals surface area contributed by atoms with E-state index >= 15 is 0 Å². The largest absolute Gasteiger partial charge is 0.380 e. The van der Waals surface area contributed by atoms with Crippen molar-refractivity contribution in [2.45, 2.75) is 46.1 Å². The van der Waals surface area contributed by atoms with Crippen molar-refractivity contribution in [3.05, 3.63) is 0 Å². The smallest absolute Gasteiger partial charge is 0.0723 e. The van der Waals surface area contributed by atoms with Crippen molar-refractivity contribution >= 4 is 0 Å². The van der Waals surface area contributed by atoms with E-state index in [4.69, 9.17) is 4.74 Å². The third-order valence-corrected chi connectivity index (χ3v) is 3.90. The molecule has 1 aliphatic heterocycles. The molecule has 1 saturated heterocycles. The lowest BCUT2D eigenvalue weighted by atomic mass is 9.97. The normalized spacial score (nSPS) is 24.0. The zero-order chi connectivity index (χ0) is 11.3. The molecule has 0 saturated carbocycles. The van der Waals surface area contributed by atoms with E-state index < -0.39 is 0 Å². The summed E-state index contributed by atoms with van der Waals surface area (Å²) in [5.41, 5.74) is 0. The van der Waals surface area contributed by atoms with Crippen LogP contribution in [0.5, 0.6) is 0 Å². The molecule has 2 nitrogen and oxygen atoms in total. The van der Waals surface area contributed by atoms with Gasteiger partial charge in [-0.15, -0.1) is 0 Å². The highest BCUT2D eigenvalue weighted by Gasteiger charge is 2.21. The summed E-state index contributed by atoms with van der Waals surface area (Å²) >= 11 is 0. The molecule has 1 rings (SSSR count). The summed E-state index contributed by atoms with van der Waals surface area (Å²) in [5.74, 6) is 1.60. The molecule has 0 aromatic carbocycles. The Bertz CT molecular complexity index is 164. The Morgan fingerprint density at radius 2 is 1.93 bits per heavy atom. The third-order valence-electron chi connectivity index (χ3n) is 3.90. The number of hydrogen-bond donors (Lipinski definition) is 0. The van der Waals surface area contributed by atoms with Gasteiger partial charge in [-0.2, -0.15) is 0 Å². The van der Waals surface area contributed by atoms with Crippen LogP contribution in [0.4, 0.5) is 0 Å². The average molecular weight is 213 g/mol. The number of likely N-dealkylation sites (tertiary alicyclic amines) is 1. The van der Waals surface area contributed by atoms with Crippen LogP contribution in [0.2, 0.25) is 0 Å². The fraction of sp³-hybridized carbons (Fsp3) is 1.00. The Kier molecular flexibility index (Phi) is 5.62. The summed E-state index contributed by atoms with van der Waals surface area (Å²) in [4.78, 5) is 2.57. The van der Waals surface area contributed by atoms with Gasteiger partial charge in [0.1, 0.15) is 0 Å². The highest BCUT2D eigenvalue weighted by Crippen LogP contribution is 2.19. The van der Waals surface area contributed by atoms with Crippen LogP contribution in [0.1, 0.15) is 40.0 Å². The van der Waals surface area contributed by atoms with Crippen LogP contribution >= 0.6 is 0 Å². The maximum absolute atomic E-state index is 5.59. The maximum Gasteiger partial charge on any atom is 0.0723 e. The minimum Gasteiger partial charge on any atom is -0.380 e. The second kappa shape index (κ2) is 6.49. The molecule has 0 N–H and O–H groups in total. The third kappa shape index (κ3) is 4.12. The second-order valence-corrected chi connectivity index (χ2v) is 5.14. The zero-order valence-electron chi connectivity index (χ0n) is 10.8. The summed E-state index contributed by atoms with van der Waals surface area (Å²) in [7, 11) is 1.85. The first-order chi connectivity index (χ1) is 7.17. The number of methoxy groups -OCH3 is 1. The van der Waals surface area contributed by atoms with E-state index in [1.807, 2.05) is 7.11 Å². The maximum atomic E-state index is 5.59. The predicted octanol–water partition coefficient (Wildman–Crippen LogP) is 2.78. The summed E-state index contributed by atoms with van der Waals surface area (Å²) < 4.78 is 5.59. The first-order valence-corrected chi connectivity index (χ1v) is 6.42. The first kappa shape index (κ1) is 13.0. The molecule has 15 heavy (non-hydrogen) atoms. The molecule has 1 fully saturated rings. The number of ether oxygens (including phenoxy) is 1. The van der Waals surface area contributed by atoms with Gasteiger partial charge in [0.05, 0.1) is 6.10 Å². The van der Waals surface area contributed by atoms with Gasteiger partial charge >= 0.3 is 0 Å². The molecule has 0 radical (unpaired) electrons. The van der Waals surface area contributed by atoms with Gasteiger partial charge in [0.15, 0.2) is 0 Å². The van der Waals surface area contributed by atoms with E-state index in [0.29, 0.717) is 12.0 Å². The van der Waals surface area contributed by atoms with Crippen molar-refractivity contribution in [1.29, 1.82) is 0 Å². The van der Waals surface area contributed by atoms with Crippen LogP contribution in [-0.2, 0) is 4.74 Å². The van der Waals surface area contributed by atoms with Crippen molar-refractivity contribution in [2.24, 2.45) is 11.8 Å². The molecule has 1 aliphatic rings. The van der Waals surface area contributed by atoms with E-state index in [0.717, 1.165) is 12.5 Å². The molecule has 2 heteroatoms. The highest BCUT2D eigenvalue weighted by atomic mass is 16.5. The van der Waals surface area contributed by atoms with Crippen molar-refractivity contribution in [1.82, 2.24) is 4.90 Å². The lowest BCUT2D eigenvalue weighted by molar-refractivity contribution is 0.0179. The Labute approximate surface area is 95.0 Å². The molecule has 1 heterocycles. The first-order valence-electron chi connectivity index (χ1n) is 6.42. The summed E-state index contributed by atoms with van der Waals surface area (Å²) in [6.07, 6.45) is 4.35. The molecule has 0 aromatic heterocycles. The van der Waals surface area contributed by atoms with E-state index in [9.17, 15) is 0 Å². The van der Waals surface area contributed by atoms with Gasteiger partial charge in [0, 0.05) is 13.7 Å². The minimum absolute atomic E-state index is 0.420. The SMILES string of the molecule is CC[C@@H](C)[C@@H](CN1CCC(C)CC1)OC. The van der Waals surface area contributed by atoms with Gasteiger partial charge < -0.3 is 9.64 Å². The van der Waals surface area contributed by atoms with Crippen molar-refractivity contribution in [2.75, 3.05) is 26.7 Å². The summed E-state index contributed by atoms with van der Waals surface area (Å²) in [5, 5.41) is 0. The molecule has 2 atom stereocenters. The van der Waals surface area contributed by atoms with Crippen molar-refractivity contribution in [3.8, 4) is 0 Å². The zero-order valence-corrected chi connectivity index (χ0v) is 10.8. The van der Waals surface area contributed by atoms with Crippen LogP contribution in [-0.4, -0.2) is 37.7 Å². The summed E-state index contributed by atoms with van der Waals surface area (Å²) in [6.45, 7) is 10.5. The van der Waals surface area contributed by atoms with Crippen LogP contribution in [0, 0.1) is 11.8 Å². The van der Waals surface area contributed by atoms with Crippen LogP contribution in [0.3, 0.4) is 0 Å². The van der Waals surface area contributed by atoms with Gasteiger partial charge in [-0.1, -0.05) is 27.2 Å². The van der Waals surface area contributed by atoms with Crippen molar-refractivity contribution in [3.63, 3.8) is 0 Å². The molecule has 90 valence electrons. The van der Waals surface area contributed by atoms with Gasteiger partial charge in [0.2, 0.25) is 0 Å². The second-order valence-electron chi connectivity index (χ2n) is 5.14. The molecule has 0 aromatic rings. The van der Waals surface area contributed by atoms with Gasteiger partial charge in [0.25, 0.3) is 0 Å². The van der Waals surface area contributed by atoms with Crippen LogP contribution in [0.25, 0.3) is 0 Å².